The van der Waals surface area contributed by atoms with Gasteiger partial charge < -0.3 is 10.2 Å². The van der Waals surface area contributed by atoms with E-state index in [0.717, 1.165) is 12.8 Å². The Morgan fingerprint density at radius 1 is 1.33 bits per heavy atom. The number of carbonyl (C=O) groups is 2. The second-order valence-electron chi connectivity index (χ2n) is 7.06. The topological polar surface area (TPSA) is 84.3 Å². The molecule has 0 aliphatic heterocycles. The molecular formula is C19H24N4O3S. The largest absolute Gasteiger partial charge is 0.352 e. The molecule has 1 N–H and O–H groups in total. The number of rotatable bonds is 7. The summed E-state index contributed by atoms with van der Waals surface area (Å²) in [6.07, 6.45) is 2.03. The molecule has 1 fully saturated rings. The summed E-state index contributed by atoms with van der Waals surface area (Å²) in [7, 11) is 1.61. The lowest BCUT2D eigenvalue weighted by Gasteiger charge is -2.18. The molecule has 1 heterocycles. The molecular weight excluding hydrogens is 364 g/mol. The average molecular weight is 388 g/mol. The molecule has 1 saturated carbocycles. The molecule has 1 aliphatic carbocycles. The molecule has 7 nitrogen and oxygen atoms in total. The minimum absolute atomic E-state index is 0.0397. The second-order valence-corrected chi connectivity index (χ2v) is 8.00. The predicted molar refractivity (Wildman–Crippen MR) is 106 cm³/mol. The highest BCUT2D eigenvalue weighted by Crippen LogP contribution is 2.21. The van der Waals surface area contributed by atoms with Gasteiger partial charge in [-0.1, -0.05) is 23.9 Å². The van der Waals surface area contributed by atoms with Crippen LogP contribution in [0, 0.1) is 0 Å². The maximum atomic E-state index is 12.8. The molecule has 0 atom stereocenters. The van der Waals surface area contributed by atoms with Crippen molar-refractivity contribution < 1.29 is 9.59 Å². The molecule has 0 spiro atoms. The third-order valence-corrected chi connectivity index (χ3v) is 5.30. The minimum atomic E-state index is -0.177. The average Bonchev–Trinajstić information content (AvgIpc) is 3.43. The smallest absolute Gasteiger partial charge is 0.262 e. The van der Waals surface area contributed by atoms with Gasteiger partial charge in [-0.25, -0.2) is 4.98 Å². The van der Waals surface area contributed by atoms with E-state index in [4.69, 9.17) is 0 Å². The van der Waals surface area contributed by atoms with E-state index >= 15 is 0 Å². The molecule has 8 heteroatoms. The van der Waals surface area contributed by atoms with Crippen molar-refractivity contribution in [2.45, 2.75) is 43.9 Å². The number of amides is 2. The Morgan fingerprint density at radius 3 is 2.70 bits per heavy atom. The molecule has 27 heavy (non-hydrogen) atoms. The highest BCUT2D eigenvalue weighted by atomic mass is 32.2. The van der Waals surface area contributed by atoms with E-state index in [1.165, 1.54) is 16.7 Å². The normalized spacial score (nSPS) is 13.8. The van der Waals surface area contributed by atoms with Crippen LogP contribution in [0.5, 0.6) is 0 Å². The summed E-state index contributed by atoms with van der Waals surface area (Å²) in [6.45, 7) is 3.87. The van der Waals surface area contributed by atoms with Gasteiger partial charge in [0.2, 0.25) is 11.8 Å². The third kappa shape index (κ3) is 4.68. The molecule has 0 radical (unpaired) electrons. The molecule has 3 rings (SSSR count). The number of nitrogens with zero attached hydrogens (tertiary/aromatic N) is 3. The summed E-state index contributed by atoms with van der Waals surface area (Å²) in [4.78, 5) is 43.0. The number of benzene rings is 1. The number of hydrogen-bond acceptors (Lipinski definition) is 5. The first-order chi connectivity index (χ1) is 12.9. The number of para-hydroxylation sites is 1. The molecule has 144 valence electrons. The van der Waals surface area contributed by atoms with E-state index in [-0.39, 0.29) is 41.8 Å². The van der Waals surface area contributed by atoms with Gasteiger partial charge in [0.1, 0.15) is 0 Å². The van der Waals surface area contributed by atoms with Gasteiger partial charge in [-0.05, 0) is 38.8 Å². The van der Waals surface area contributed by atoms with Crippen LogP contribution in [0.3, 0.4) is 0 Å². The van der Waals surface area contributed by atoms with Gasteiger partial charge in [0.15, 0.2) is 5.16 Å². The highest BCUT2D eigenvalue weighted by Gasteiger charge is 2.24. The summed E-state index contributed by atoms with van der Waals surface area (Å²) in [5.74, 6) is -0.199. The van der Waals surface area contributed by atoms with Crippen molar-refractivity contribution in [1.29, 1.82) is 0 Å². The van der Waals surface area contributed by atoms with Crippen molar-refractivity contribution in [2.24, 2.45) is 0 Å². The monoisotopic (exact) mass is 388 g/mol. The van der Waals surface area contributed by atoms with E-state index in [0.29, 0.717) is 16.1 Å². The van der Waals surface area contributed by atoms with Gasteiger partial charge in [-0.15, -0.1) is 0 Å². The summed E-state index contributed by atoms with van der Waals surface area (Å²) in [5.41, 5.74) is 0.509. The number of likely N-dealkylation sites (N-methyl/N-ethyl adjacent to an activating group) is 1. The Kier molecular flexibility index (Phi) is 5.84. The lowest BCUT2D eigenvalue weighted by atomic mass is 10.2. The van der Waals surface area contributed by atoms with Crippen LogP contribution in [0.4, 0.5) is 0 Å². The van der Waals surface area contributed by atoms with Gasteiger partial charge >= 0.3 is 0 Å². The van der Waals surface area contributed by atoms with Crippen molar-refractivity contribution in [1.82, 2.24) is 19.8 Å². The van der Waals surface area contributed by atoms with Crippen LogP contribution >= 0.6 is 11.8 Å². The highest BCUT2D eigenvalue weighted by molar-refractivity contribution is 7.99. The van der Waals surface area contributed by atoms with Crippen molar-refractivity contribution in [3.05, 3.63) is 34.6 Å². The SMILES string of the molecule is CC(C)n1c(SCC(=O)N(C)CC(=O)NC2CC2)nc2ccccc2c1=O. The van der Waals surface area contributed by atoms with Gasteiger partial charge in [0, 0.05) is 19.1 Å². The fourth-order valence-electron chi connectivity index (χ4n) is 2.72. The van der Waals surface area contributed by atoms with Crippen molar-refractivity contribution in [2.75, 3.05) is 19.3 Å². The summed E-state index contributed by atoms with van der Waals surface area (Å²) >= 11 is 1.22. The Morgan fingerprint density at radius 2 is 2.04 bits per heavy atom. The van der Waals surface area contributed by atoms with Gasteiger partial charge in [0.05, 0.1) is 23.2 Å². The molecule has 0 bridgehead atoms. The van der Waals surface area contributed by atoms with Crippen LogP contribution in [0.1, 0.15) is 32.7 Å². The van der Waals surface area contributed by atoms with Crippen LogP contribution in [-0.2, 0) is 9.59 Å². The maximum Gasteiger partial charge on any atom is 0.262 e. The maximum absolute atomic E-state index is 12.8. The number of carbonyl (C=O) groups excluding carboxylic acids is 2. The van der Waals surface area contributed by atoms with Crippen LogP contribution in [0.25, 0.3) is 10.9 Å². The first-order valence-corrected chi connectivity index (χ1v) is 10.0. The van der Waals surface area contributed by atoms with Crippen LogP contribution in [-0.4, -0.2) is 51.7 Å². The first kappa shape index (κ1) is 19.4. The fourth-order valence-corrected chi connectivity index (χ4v) is 3.79. The lowest BCUT2D eigenvalue weighted by molar-refractivity contribution is -0.132. The number of nitrogens with one attached hydrogen (secondary N) is 1. The van der Waals surface area contributed by atoms with E-state index in [1.807, 2.05) is 26.0 Å². The van der Waals surface area contributed by atoms with Crippen LogP contribution < -0.4 is 10.9 Å². The van der Waals surface area contributed by atoms with Gasteiger partial charge in [0.25, 0.3) is 5.56 Å². The number of fused-ring (bicyclic) bond motifs is 1. The van der Waals surface area contributed by atoms with E-state index in [1.54, 1.807) is 23.7 Å². The number of hydrogen-bond donors (Lipinski definition) is 1. The molecule has 2 aromatic rings. The lowest BCUT2D eigenvalue weighted by Crippen LogP contribution is -2.39. The van der Waals surface area contributed by atoms with Crippen molar-refractivity contribution in [3.8, 4) is 0 Å². The third-order valence-electron chi connectivity index (χ3n) is 4.37. The van der Waals surface area contributed by atoms with Gasteiger partial charge in [-0.2, -0.15) is 0 Å². The zero-order valence-electron chi connectivity index (χ0n) is 15.8. The fraction of sp³-hybridized carbons (Fsp3) is 0.474. The van der Waals surface area contributed by atoms with Crippen molar-refractivity contribution in [3.63, 3.8) is 0 Å². The first-order valence-electron chi connectivity index (χ1n) is 9.04. The Bertz CT molecular complexity index is 921. The van der Waals surface area contributed by atoms with Crippen molar-refractivity contribution >= 4 is 34.5 Å². The standard InChI is InChI=1S/C19H24N4O3S/c1-12(2)23-18(26)14-6-4-5-7-15(14)21-19(23)27-11-17(25)22(3)10-16(24)20-13-8-9-13/h4-7,12-13H,8-11H2,1-3H3,(H,20,24). The Labute approximate surface area is 162 Å². The number of aromatic nitrogens is 2. The second kappa shape index (κ2) is 8.12. The minimum Gasteiger partial charge on any atom is -0.352 e. The molecule has 1 aliphatic rings. The van der Waals surface area contributed by atoms with Gasteiger partial charge in [-0.3, -0.25) is 19.0 Å². The quantitative estimate of drug-likeness (QED) is 0.578. The summed E-state index contributed by atoms with van der Waals surface area (Å²) in [6, 6.07) is 7.40. The predicted octanol–water partition coefficient (Wildman–Crippen LogP) is 1.81. The van der Waals surface area contributed by atoms with Crippen LogP contribution in [0.2, 0.25) is 0 Å². The van der Waals surface area contributed by atoms with E-state index < -0.39 is 0 Å². The molecule has 0 unspecified atom stereocenters. The van der Waals surface area contributed by atoms with E-state index in [9.17, 15) is 14.4 Å². The van der Waals surface area contributed by atoms with E-state index in [2.05, 4.69) is 10.3 Å². The summed E-state index contributed by atoms with van der Waals surface area (Å²) < 4.78 is 1.61. The molecule has 1 aromatic heterocycles. The number of thioether (sulfide) groups is 1. The molecule has 1 aromatic carbocycles. The molecule has 2 amide bonds. The van der Waals surface area contributed by atoms with Crippen LogP contribution in [0.15, 0.2) is 34.2 Å². The zero-order chi connectivity index (χ0) is 19.6. The summed E-state index contributed by atoms with van der Waals surface area (Å²) in [5, 5.41) is 3.95. The molecule has 0 saturated heterocycles. The Hall–Kier alpha value is -2.35. The zero-order valence-corrected chi connectivity index (χ0v) is 16.6. The Balaban J connectivity index is 1.71.